The Kier molecular flexibility index (Phi) is 2.96. The molecule has 0 saturated carbocycles. The van der Waals surface area contributed by atoms with Crippen LogP contribution in [0.1, 0.15) is 22.9 Å². The zero-order valence-corrected chi connectivity index (χ0v) is 12.5. The molecule has 4 rings (SSSR count). The van der Waals surface area contributed by atoms with Gasteiger partial charge in [-0.1, -0.05) is 0 Å². The van der Waals surface area contributed by atoms with Gasteiger partial charge in [-0.25, -0.2) is 4.68 Å². The van der Waals surface area contributed by atoms with Crippen molar-refractivity contribution in [2.75, 3.05) is 11.9 Å². The van der Waals surface area contributed by atoms with E-state index in [0.717, 1.165) is 30.3 Å². The topological polar surface area (TPSA) is 55.6 Å². The van der Waals surface area contributed by atoms with Crippen LogP contribution in [-0.2, 0) is 0 Å². The second kappa shape index (κ2) is 4.96. The van der Waals surface area contributed by atoms with Crippen molar-refractivity contribution in [1.29, 1.82) is 0 Å². The first-order chi connectivity index (χ1) is 10.3. The van der Waals surface area contributed by atoms with Crippen molar-refractivity contribution in [1.82, 2.24) is 19.7 Å². The molecular weight excluding hydrogens is 282 g/mol. The van der Waals surface area contributed by atoms with E-state index in [-0.39, 0.29) is 6.04 Å². The summed E-state index contributed by atoms with van der Waals surface area (Å²) in [7, 11) is 0. The minimum atomic E-state index is 0.282. The highest BCUT2D eigenvalue weighted by Crippen LogP contribution is 2.34. The monoisotopic (exact) mass is 297 g/mol. The summed E-state index contributed by atoms with van der Waals surface area (Å²) in [5, 5.41) is 10.2. The molecule has 0 amide bonds. The summed E-state index contributed by atoms with van der Waals surface area (Å²) in [6.45, 7) is 3.09. The maximum atomic E-state index is 4.72. The second-order valence-corrected chi connectivity index (χ2v) is 6.09. The second-order valence-electron chi connectivity index (χ2n) is 5.14. The third-order valence-corrected chi connectivity index (χ3v) is 4.89. The van der Waals surface area contributed by atoms with Crippen LogP contribution in [0.15, 0.2) is 36.0 Å². The minimum absolute atomic E-state index is 0.282. The minimum Gasteiger partial charge on any atom is -0.354 e. The molecule has 1 aliphatic rings. The van der Waals surface area contributed by atoms with Crippen molar-refractivity contribution in [2.24, 2.45) is 0 Å². The van der Waals surface area contributed by atoms with Gasteiger partial charge in [0.2, 0.25) is 5.95 Å². The molecule has 1 N–H and O–H groups in total. The predicted molar refractivity (Wildman–Crippen MR) is 83.6 cm³/mol. The van der Waals surface area contributed by atoms with Gasteiger partial charge in [0.25, 0.3) is 0 Å². The maximum Gasteiger partial charge on any atom is 0.222 e. The Morgan fingerprint density at radius 2 is 2.14 bits per heavy atom. The smallest absolute Gasteiger partial charge is 0.222 e. The molecule has 1 unspecified atom stereocenters. The molecule has 21 heavy (non-hydrogen) atoms. The number of hydrogen-bond acceptors (Lipinski definition) is 5. The van der Waals surface area contributed by atoms with Crippen LogP contribution < -0.4 is 5.32 Å². The molecule has 0 radical (unpaired) electrons. The van der Waals surface area contributed by atoms with Crippen molar-refractivity contribution in [3.05, 3.63) is 46.4 Å². The van der Waals surface area contributed by atoms with E-state index in [4.69, 9.17) is 5.10 Å². The van der Waals surface area contributed by atoms with Crippen LogP contribution in [0.4, 0.5) is 5.95 Å². The molecule has 0 saturated heterocycles. The lowest BCUT2D eigenvalue weighted by atomic mass is 10.1. The molecule has 1 aliphatic heterocycles. The van der Waals surface area contributed by atoms with Crippen LogP contribution in [0.2, 0.25) is 0 Å². The Balaban J connectivity index is 1.79. The molecule has 0 fully saturated rings. The van der Waals surface area contributed by atoms with E-state index in [2.05, 4.69) is 33.7 Å². The first-order valence-electron chi connectivity index (χ1n) is 6.98. The zero-order chi connectivity index (χ0) is 14.2. The SMILES string of the molecule is Cc1ccsc1C1CCNc2nc(-c3ccncc3)nn21. The van der Waals surface area contributed by atoms with Gasteiger partial charge in [0.05, 0.1) is 6.04 Å². The standard InChI is InChI=1S/C15H15N5S/c1-10-5-9-21-13(10)12-4-8-17-15-18-14(19-20(12)15)11-2-6-16-7-3-11/h2-3,5-7,9,12H,4,8H2,1H3,(H,17,18,19). The summed E-state index contributed by atoms with van der Waals surface area (Å²) in [5.41, 5.74) is 2.33. The van der Waals surface area contributed by atoms with Gasteiger partial charge in [-0.15, -0.1) is 16.4 Å². The van der Waals surface area contributed by atoms with Crippen LogP contribution in [-0.4, -0.2) is 26.3 Å². The van der Waals surface area contributed by atoms with E-state index in [1.807, 2.05) is 16.8 Å². The van der Waals surface area contributed by atoms with Crippen molar-refractivity contribution >= 4 is 17.3 Å². The van der Waals surface area contributed by atoms with Gasteiger partial charge in [0.15, 0.2) is 5.82 Å². The number of nitrogens with zero attached hydrogens (tertiary/aromatic N) is 4. The van der Waals surface area contributed by atoms with E-state index >= 15 is 0 Å². The first-order valence-corrected chi connectivity index (χ1v) is 7.86. The van der Waals surface area contributed by atoms with Crippen LogP contribution in [0.3, 0.4) is 0 Å². The Hall–Kier alpha value is -2.21. The molecule has 0 aliphatic carbocycles. The van der Waals surface area contributed by atoms with Gasteiger partial charge in [-0.2, -0.15) is 4.98 Å². The first kappa shape index (κ1) is 12.5. The number of aryl methyl sites for hydroxylation is 1. The summed E-state index contributed by atoms with van der Waals surface area (Å²) < 4.78 is 2.03. The molecule has 5 nitrogen and oxygen atoms in total. The number of fused-ring (bicyclic) bond motifs is 1. The molecule has 3 aromatic heterocycles. The quantitative estimate of drug-likeness (QED) is 0.789. The van der Waals surface area contributed by atoms with Crippen LogP contribution in [0.5, 0.6) is 0 Å². The maximum absolute atomic E-state index is 4.72. The van der Waals surface area contributed by atoms with E-state index in [1.165, 1.54) is 10.4 Å². The highest BCUT2D eigenvalue weighted by atomic mass is 32.1. The lowest BCUT2D eigenvalue weighted by molar-refractivity contribution is 0.486. The van der Waals surface area contributed by atoms with E-state index in [9.17, 15) is 0 Å². The number of nitrogens with one attached hydrogen (secondary N) is 1. The summed E-state index contributed by atoms with van der Waals surface area (Å²) in [4.78, 5) is 10.1. The highest BCUT2D eigenvalue weighted by Gasteiger charge is 2.26. The summed E-state index contributed by atoms with van der Waals surface area (Å²) in [6.07, 6.45) is 4.57. The molecule has 3 aromatic rings. The summed E-state index contributed by atoms with van der Waals surface area (Å²) >= 11 is 1.80. The van der Waals surface area contributed by atoms with Crippen LogP contribution >= 0.6 is 11.3 Å². The third kappa shape index (κ3) is 2.12. The normalized spacial score (nSPS) is 17.3. The van der Waals surface area contributed by atoms with E-state index < -0.39 is 0 Å². The molecular formula is C15H15N5S. The third-order valence-electron chi connectivity index (χ3n) is 3.77. The Labute approximate surface area is 126 Å². The molecule has 6 heteroatoms. The number of anilines is 1. The molecule has 0 bridgehead atoms. The molecule has 4 heterocycles. The fraction of sp³-hybridized carbons (Fsp3) is 0.267. The van der Waals surface area contributed by atoms with Gasteiger partial charge in [0.1, 0.15) is 0 Å². The van der Waals surface area contributed by atoms with Gasteiger partial charge >= 0.3 is 0 Å². The average Bonchev–Trinajstić information content (AvgIpc) is 3.14. The Morgan fingerprint density at radius 3 is 2.90 bits per heavy atom. The molecule has 106 valence electrons. The Bertz CT molecular complexity index is 761. The van der Waals surface area contributed by atoms with Crippen molar-refractivity contribution in [3.8, 4) is 11.4 Å². The molecule has 0 aromatic carbocycles. The fourth-order valence-corrected chi connectivity index (χ4v) is 3.74. The Morgan fingerprint density at radius 1 is 1.29 bits per heavy atom. The summed E-state index contributed by atoms with van der Waals surface area (Å²) in [5.74, 6) is 1.60. The predicted octanol–water partition coefficient (Wildman–Crippen LogP) is 3.12. The van der Waals surface area contributed by atoms with Gasteiger partial charge in [-0.3, -0.25) is 4.98 Å². The molecule has 0 spiro atoms. The number of hydrogen-bond donors (Lipinski definition) is 1. The lowest BCUT2D eigenvalue weighted by Gasteiger charge is -2.24. The largest absolute Gasteiger partial charge is 0.354 e. The van der Waals surface area contributed by atoms with Gasteiger partial charge in [-0.05, 0) is 42.5 Å². The van der Waals surface area contributed by atoms with Gasteiger partial charge in [0, 0.05) is 29.4 Å². The number of aromatic nitrogens is 4. The molecule has 1 atom stereocenters. The zero-order valence-electron chi connectivity index (χ0n) is 11.7. The van der Waals surface area contributed by atoms with Crippen molar-refractivity contribution < 1.29 is 0 Å². The van der Waals surface area contributed by atoms with Crippen molar-refractivity contribution in [2.45, 2.75) is 19.4 Å². The average molecular weight is 297 g/mol. The van der Waals surface area contributed by atoms with E-state index in [0.29, 0.717) is 0 Å². The number of rotatable bonds is 2. The van der Waals surface area contributed by atoms with Crippen LogP contribution in [0, 0.1) is 6.92 Å². The van der Waals surface area contributed by atoms with E-state index in [1.54, 1.807) is 23.7 Å². The number of thiophene rings is 1. The number of pyridine rings is 1. The fourth-order valence-electron chi connectivity index (χ4n) is 2.70. The van der Waals surface area contributed by atoms with Gasteiger partial charge < -0.3 is 5.32 Å². The lowest BCUT2D eigenvalue weighted by Crippen LogP contribution is -2.24. The summed E-state index contributed by atoms with van der Waals surface area (Å²) in [6, 6.07) is 6.33. The van der Waals surface area contributed by atoms with Crippen LogP contribution in [0.25, 0.3) is 11.4 Å². The highest BCUT2D eigenvalue weighted by molar-refractivity contribution is 7.10. The van der Waals surface area contributed by atoms with Crippen molar-refractivity contribution in [3.63, 3.8) is 0 Å².